The molecule has 0 saturated heterocycles. The van der Waals surface area contributed by atoms with Gasteiger partial charge in [-0.15, -0.1) is 0 Å². The molecule has 0 spiro atoms. The first kappa shape index (κ1) is 17.7. The second-order valence-electron chi connectivity index (χ2n) is 7.91. The van der Waals surface area contributed by atoms with Crippen molar-refractivity contribution in [1.82, 2.24) is 15.3 Å². The first-order valence-corrected chi connectivity index (χ1v) is 10.5. The van der Waals surface area contributed by atoms with E-state index in [0.29, 0.717) is 6.04 Å². The summed E-state index contributed by atoms with van der Waals surface area (Å²) in [5.74, 6) is 0. The van der Waals surface area contributed by atoms with Crippen molar-refractivity contribution in [1.29, 1.82) is 0 Å². The highest BCUT2D eigenvalue weighted by Crippen LogP contribution is 2.27. The lowest BCUT2D eigenvalue weighted by Crippen LogP contribution is -2.27. The van der Waals surface area contributed by atoms with Gasteiger partial charge in [-0.25, -0.2) is 0 Å². The predicted octanol–water partition coefficient (Wildman–Crippen LogP) is 4.74. The zero-order chi connectivity index (χ0) is 17.6. The van der Waals surface area contributed by atoms with E-state index in [1.165, 1.54) is 98.7 Å². The molecule has 0 amide bonds. The lowest BCUT2D eigenvalue weighted by atomic mass is 9.92. The lowest BCUT2D eigenvalue weighted by Gasteiger charge is -2.25. The summed E-state index contributed by atoms with van der Waals surface area (Å²) in [5.41, 5.74) is 7.03. The minimum Gasteiger partial charge on any atom is -0.309 e. The van der Waals surface area contributed by atoms with Gasteiger partial charge in [-0.3, -0.25) is 9.97 Å². The number of nitrogens with one attached hydrogen (secondary N) is 1. The Kier molecular flexibility index (Phi) is 5.96. The minimum atomic E-state index is 0.463. The van der Waals surface area contributed by atoms with E-state index in [0.717, 1.165) is 6.54 Å². The molecule has 2 aromatic rings. The fourth-order valence-corrected chi connectivity index (χ4v) is 4.49. The zero-order valence-corrected chi connectivity index (χ0v) is 15.8. The van der Waals surface area contributed by atoms with Gasteiger partial charge in [0.2, 0.25) is 0 Å². The summed E-state index contributed by atoms with van der Waals surface area (Å²) in [6, 6.07) is 7.19. The van der Waals surface area contributed by atoms with Gasteiger partial charge in [0.15, 0.2) is 0 Å². The monoisotopic (exact) mass is 349 g/mol. The third-order valence-electron chi connectivity index (χ3n) is 5.95. The Hall–Kier alpha value is -1.74. The average Bonchev–Trinajstić information content (AvgIpc) is 2.70. The molecule has 0 bridgehead atoms. The number of hydrogen-bond acceptors (Lipinski definition) is 3. The van der Waals surface area contributed by atoms with Gasteiger partial charge < -0.3 is 5.32 Å². The fourth-order valence-electron chi connectivity index (χ4n) is 4.49. The Morgan fingerprint density at radius 2 is 1.88 bits per heavy atom. The molecule has 4 rings (SSSR count). The zero-order valence-electron chi connectivity index (χ0n) is 15.8. The smallest absolute Gasteiger partial charge is 0.0605 e. The Bertz CT molecular complexity index is 725. The van der Waals surface area contributed by atoms with Crippen molar-refractivity contribution in [3.63, 3.8) is 0 Å². The Labute approximate surface area is 157 Å². The van der Waals surface area contributed by atoms with Crippen LogP contribution in [0, 0.1) is 0 Å². The van der Waals surface area contributed by atoms with Crippen molar-refractivity contribution in [3.05, 3.63) is 58.7 Å². The van der Waals surface area contributed by atoms with Gasteiger partial charge in [0.1, 0.15) is 0 Å². The van der Waals surface area contributed by atoms with Gasteiger partial charge in [0.05, 0.1) is 5.69 Å². The van der Waals surface area contributed by atoms with Crippen LogP contribution in [0.5, 0.6) is 0 Å². The van der Waals surface area contributed by atoms with Crippen LogP contribution in [0.15, 0.2) is 30.6 Å². The largest absolute Gasteiger partial charge is 0.309 e. The predicted molar refractivity (Wildman–Crippen MR) is 106 cm³/mol. The molecular formula is C23H31N3. The van der Waals surface area contributed by atoms with E-state index >= 15 is 0 Å². The average molecular weight is 350 g/mol. The molecule has 2 heterocycles. The molecule has 3 heteroatoms. The Balaban J connectivity index is 1.17. The normalized spacial score (nSPS) is 19.0. The number of unbranched alkanes of at least 4 members (excludes halogenated alkanes) is 2. The van der Waals surface area contributed by atoms with Crippen molar-refractivity contribution in [2.75, 3.05) is 6.54 Å². The van der Waals surface area contributed by atoms with E-state index < -0.39 is 0 Å². The van der Waals surface area contributed by atoms with Gasteiger partial charge >= 0.3 is 0 Å². The summed E-state index contributed by atoms with van der Waals surface area (Å²) in [5, 5.41) is 3.74. The van der Waals surface area contributed by atoms with Crippen LogP contribution in [0.1, 0.15) is 79.1 Å². The van der Waals surface area contributed by atoms with Crippen LogP contribution < -0.4 is 5.32 Å². The quantitative estimate of drug-likeness (QED) is 0.734. The summed E-state index contributed by atoms with van der Waals surface area (Å²) < 4.78 is 0. The number of nitrogens with zero attached hydrogens (tertiary/aromatic N) is 2. The van der Waals surface area contributed by atoms with E-state index in [1.807, 2.05) is 6.20 Å². The molecular weight excluding hydrogens is 318 g/mol. The molecule has 0 saturated carbocycles. The maximum atomic E-state index is 4.70. The third-order valence-corrected chi connectivity index (χ3v) is 5.95. The molecule has 1 N–H and O–H groups in total. The van der Waals surface area contributed by atoms with Crippen LogP contribution in [-0.2, 0) is 25.7 Å². The maximum absolute atomic E-state index is 4.70. The first-order chi connectivity index (χ1) is 12.9. The number of fused-ring (bicyclic) bond motifs is 2. The molecule has 26 heavy (non-hydrogen) atoms. The molecule has 138 valence electrons. The highest BCUT2D eigenvalue weighted by molar-refractivity contribution is 5.27. The molecule has 0 fully saturated rings. The minimum absolute atomic E-state index is 0.463. The van der Waals surface area contributed by atoms with Crippen LogP contribution in [0.3, 0.4) is 0 Å². The van der Waals surface area contributed by atoms with Gasteiger partial charge in [-0.2, -0.15) is 0 Å². The van der Waals surface area contributed by atoms with Crippen LogP contribution in [-0.4, -0.2) is 16.5 Å². The highest BCUT2D eigenvalue weighted by atomic mass is 14.9. The standard InChI is InChI=1S/C23H31N3/c1(2-8-18-16-20-9-3-4-12-21(20)26-17-18)5-14-24-22-13-6-10-19-11-7-15-25-23(19)22/h7,11,15-17,22,24H,1-6,8-10,12-14H2. The fraction of sp³-hybridized carbons (Fsp3) is 0.565. The van der Waals surface area contributed by atoms with Crippen molar-refractivity contribution in [3.8, 4) is 0 Å². The molecule has 0 radical (unpaired) electrons. The van der Waals surface area contributed by atoms with E-state index in [9.17, 15) is 0 Å². The van der Waals surface area contributed by atoms with Gasteiger partial charge in [0.25, 0.3) is 0 Å². The highest BCUT2D eigenvalue weighted by Gasteiger charge is 2.20. The summed E-state index contributed by atoms with van der Waals surface area (Å²) in [6.45, 7) is 1.10. The number of aryl methyl sites for hydroxylation is 4. The van der Waals surface area contributed by atoms with E-state index in [1.54, 1.807) is 0 Å². The van der Waals surface area contributed by atoms with E-state index in [2.05, 4.69) is 34.7 Å². The number of rotatable bonds is 7. The molecule has 2 aromatic heterocycles. The summed E-state index contributed by atoms with van der Waals surface area (Å²) in [4.78, 5) is 9.32. The van der Waals surface area contributed by atoms with Crippen LogP contribution in [0.2, 0.25) is 0 Å². The molecule has 2 aliphatic carbocycles. The molecule has 1 unspecified atom stereocenters. The summed E-state index contributed by atoms with van der Waals surface area (Å²) in [6.07, 6.45) is 17.8. The molecule has 1 atom stereocenters. The van der Waals surface area contributed by atoms with E-state index in [4.69, 9.17) is 4.98 Å². The van der Waals surface area contributed by atoms with Gasteiger partial charge in [-0.1, -0.05) is 18.6 Å². The maximum Gasteiger partial charge on any atom is 0.0605 e. The second-order valence-corrected chi connectivity index (χ2v) is 7.91. The topological polar surface area (TPSA) is 37.8 Å². The SMILES string of the molecule is c1cnc2c(c1)CCCC2NCCCCCc1cnc2c(c1)CCCC2. The third kappa shape index (κ3) is 4.32. The first-order valence-electron chi connectivity index (χ1n) is 10.5. The summed E-state index contributed by atoms with van der Waals surface area (Å²) >= 11 is 0. The Morgan fingerprint density at radius 3 is 2.88 bits per heavy atom. The van der Waals surface area contributed by atoms with Crippen LogP contribution in [0.4, 0.5) is 0 Å². The number of aromatic nitrogens is 2. The second kappa shape index (κ2) is 8.77. The van der Waals surface area contributed by atoms with E-state index in [-0.39, 0.29) is 0 Å². The molecule has 0 aromatic carbocycles. The van der Waals surface area contributed by atoms with Crippen molar-refractivity contribution in [2.24, 2.45) is 0 Å². The van der Waals surface area contributed by atoms with Crippen LogP contribution >= 0.6 is 0 Å². The van der Waals surface area contributed by atoms with Crippen molar-refractivity contribution < 1.29 is 0 Å². The molecule has 0 aliphatic heterocycles. The lowest BCUT2D eigenvalue weighted by molar-refractivity contribution is 0.440. The number of pyridine rings is 2. The van der Waals surface area contributed by atoms with Crippen molar-refractivity contribution in [2.45, 2.75) is 76.7 Å². The molecule has 3 nitrogen and oxygen atoms in total. The van der Waals surface area contributed by atoms with Crippen molar-refractivity contribution >= 4 is 0 Å². The number of hydrogen-bond donors (Lipinski definition) is 1. The van der Waals surface area contributed by atoms with Crippen LogP contribution in [0.25, 0.3) is 0 Å². The van der Waals surface area contributed by atoms with Gasteiger partial charge in [-0.05, 0) is 93.5 Å². The van der Waals surface area contributed by atoms with Gasteiger partial charge in [0, 0.05) is 24.1 Å². The Morgan fingerprint density at radius 1 is 0.962 bits per heavy atom. The summed E-state index contributed by atoms with van der Waals surface area (Å²) in [7, 11) is 0. The molecule has 2 aliphatic rings.